The van der Waals surface area contributed by atoms with E-state index in [9.17, 15) is 8.42 Å². The van der Waals surface area contributed by atoms with Gasteiger partial charge >= 0.3 is 0 Å². The SMILES string of the molecule is O=S1(=O)CCCC1c1nc(CCO)no1. The largest absolute Gasteiger partial charge is 0.396 e. The van der Waals surface area contributed by atoms with E-state index in [1.165, 1.54) is 0 Å². The minimum atomic E-state index is -3.10. The van der Waals surface area contributed by atoms with Crippen LogP contribution in [0.4, 0.5) is 0 Å². The number of aliphatic hydroxyl groups is 1. The van der Waals surface area contributed by atoms with Gasteiger partial charge in [-0.05, 0) is 12.8 Å². The fourth-order valence-electron chi connectivity index (χ4n) is 1.67. The van der Waals surface area contributed by atoms with Crippen molar-refractivity contribution >= 4 is 9.84 Å². The summed E-state index contributed by atoms with van der Waals surface area (Å²) in [6, 6.07) is 0. The molecule has 0 spiro atoms. The van der Waals surface area contributed by atoms with Crippen molar-refractivity contribution in [2.75, 3.05) is 12.4 Å². The Hall–Kier alpha value is -0.950. The van der Waals surface area contributed by atoms with Crippen molar-refractivity contribution in [1.29, 1.82) is 0 Å². The van der Waals surface area contributed by atoms with Gasteiger partial charge in [0.25, 0.3) is 0 Å². The number of hydrogen-bond donors (Lipinski definition) is 1. The van der Waals surface area contributed by atoms with Crippen LogP contribution in [0.15, 0.2) is 4.52 Å². The number of sulfone groups is 1. The van der Waals surface area contributed by atoms with E-state index in [-0.39, 0.29) is 24.7 Å². The zero-order valence-electron chi connectivity index (χ0n) is 8.09. The lowest BCUT2D eigenvalue weighted by Crippen LogP contribution is -2.08. The fourth-order valence-corrected chi connectivity index (χ4v) is 3.45. The minimum absolute atomic E-state index is 0.0730. The summed E-state index contributed by atoms with van der Waals surface area (Å²) in [4.78, 5) is 3.96. The van der Waals surface area contributed by atoms with Crippen LogP contribution in [0.25, 0.3) is 0 Å². The number of aromatic nitrogens is 2. The Labute approximate surface area is 87.2 Å². The van der Waals surface area contributed by atoms with Crippen LogP contribution < -0.4 is 0 Å². The van der Waals surface area contributed by atoms with E-state index in [0.29, 0.717) is 18.7 Å². The van der Waals surface area contributed by atoms with Crippen molar-refractivity contribution in [3.05, 3.63) is 11.7 Å². The molecule has 0 aromatic carbocycles. The van der Waals surface area contributed by atoms with E-state index in [2.05, 4.69) is 10.1 Å². The van der Waals surface area contributed by atoms with E-state index in [1.54, 1.807) is 0 Å². The minimum Gasteiger partial charge on any atom is -0.396 e. The molecule has 1 aliphatic rings. The zero-order valence-corrected chi connectivity index (χ0v) is 8.90. The van der Waals surface area contributed by atoms with Crippen molar-refractivity contribution in [2.24, 2.45) is 0 Å². The number of nitrogens with zero attached hydrogens (tertiary/aromatic N) is 2. The molecule has 0 amide bonds. The molecular formula is C8H12N2O4S. The summed E-state index contributed by atoms with van der Waals surface area (Å²) in [6.45, 7) is -0.0730. The Morgan fingerprint density at radius 2 is 2.33 bits per heavy atom. The summed E-state index contributed by atoms with van der Waals surface area (Å²) in [7, 11) is -3.10. The quantitative estimate of drug-likeness (QED) is 0.779. The van der Waals surface area contributed by atoms with Crippen molar-refractivity contribution in [3.8, 4) is 0 Å². The van der Waals surface area contributed by atoms with E-state index < -0.39 is 15.1 Å². The Morgan fingerprint density at radius 1 is 1.53 bits per heavy atom. The molecule has 1 N–H and O–H groups in total. The zero-order chi connectivity index (χ0) is 10.9. The maximum atomic E-state index is 11.6. The van der Waals surface area contributed by atoms with E-state index in [0.717, 1.165) is 0 Å². The first-order chi connectivity index (χ1) is 7.13. The van der Waals surface area contributed by atoms with Crippen LogP contribution in [0.5, 0.6) is 0 Å². The van der Waals surface area contributed by atoms with Crippen LogP contribution in [0.1, 0.15) is 29.8 Å². The first-order valence-corrected chi connectivity index (χ1v) is 6.50. The second-order valence-corrected chi connectivity index (χ2v) is 5.82. The lowest BCUT2D eigenvalue weighted by molar-refractivity contribution is 0.292. The molecule has 2 heterocycles. The van der Waals surface area contributed by atoms with Crippen LogP contribution in [0.2, 0.25) is 0 Å². The summed E-state index contributed by atoms with van der Waals surface area (Å²) in [6.07, 6.45) is 1.48. The molecule has 1 saturated heterocycles. The number of rotatable bonds is 3. The third-order valence-electron chi connectivity index (χ3n) is 2.42. The smallest absolute Gasteiger partial charge is 0.244 e. The van der Waals surface area contributed by atoms with Gasteiger partial charge in [0.1, 0.15) is 5.25 Å². The average Bonchev–Trinajstić information content (AvgIpc) is 2.72. The molecular weight excluding hydrogens is 220 g/mol. The Balaban J connectivity index is 2.22. The van der Waals surface area contributed by atoms with Gasteiger partial charge < -0.3 is 9.63 Å². The number of aliphatic hydroxyl groups excluding tert-OH is 1. The Morgan fingerprint density at radius 3 is 2.93 bits per heavy atom. The van der Waals surface area contributed by atoms with Gasteiger partial charge in [-0.15, -0.1) is 0 Å². The normalized spacial score (nSPS) is 24.5. The molecule has 15 heavy (non-hydrogen) atoms. The topological polar surface area (TPSA) is 93.3 Å². The van der Waals surface area contributed by atoms with Crippen molar-refractivity contribution in [1.82, 2.24) is 10.1 Å². The first-order valence-electron chi connectivity index (χ1n) is 4.78. The molecule has 7 heteroatoms. The van der Waals surface area contributed by atoms with Gasteiger partial charge in [0.05, 0.1) is 12.4 Å². The maximum absolute atomic E-state index is 11.6. The molecule has 84 valence electrons. The molecule has 0 aliphatic carbocycles. The van der Waals surface area contributed by atoms with Gasteiger partial charge in [0.2, 0.25) is 5.89 Å². The molecule has 1 unspecified atom stereocenters. The van der Waals surface area contributed by atoms with Crippen LogP contribution in [-0.2, 0) is 16.3 Å². The molecule has 1 aliphatic heterocycles. The first kappa shape index (κ1) is 10.6. The van der Waals surface area contributed by atoms with Gasteiger partial charge in [0, 0.05) is 6.42 Å². The molecule has 2 rings (SSSR count). The summed E-state index contributed by atoms with van der Waals surface area (Å²) in [5.74, 6) is 0.709. The highest BCUT2D eigenvalue weighted by Gasteiger charge is 2.36. The highest BCUT2D eigenvalue weighted by molar-refractivity contribution is 7.91. The summed E-state index contributed by atoms with van der Waals surface area (Å²) < 4.78 is 28.0. The highest BCUT2D eigenvalue weighted by atomic mass is 32.2. The molecule has 1 atom stereocenters. The van der Waals surface area contributed by atoms with Crippen LogP contribution in [0, 0.1) is 0 Å². The lowest BCUT2D eigenvalue weighted by atomic mass is 10.2. The van der Waals surface area contributed by atoms with Crippen LogP contribution in [-0.4, -0.2) is 36.0 Å². The molecule has 6 nitrogen and oxygen atoms in total. The standard InChI is InChI=1S/C8H12N2O4S/c11-4-3-7-9-8(14-10-7)6-2-1-5-15(6,12)13/h6,11H,1-5H2. The third kappa shape index (κ3) is 2.03. The van der Waals surface area contributed by atoms with Crippen LogP contribution in [0.3, 0.4) is 0 Å². The highest BCUT2D eigenvalue weighted by Crippen LogP contribution is 2.33. The summed E-state index contributed by atoms with van der Waals surface area (Å²) in [5.41, 5.74) is 0. The van der Waals surface area contributed by atoms with Gasteiger partial charge in [-0.2, -0.15) is 4.98 Å². The van der Waals surface area contributed by atoms with Gasteiger partial charge in [0.15, 0.2) is 15.7 Å². The van der Waals surface area contributed by atoms with Crippen LogP contribution >= 0.6 is 0 Å². The van der Waals surface area contributed by atoms with Crippen molar-refractivity contribution < 1.29 is 18.0 Å². The van der Waals surface area contributed by atoms with E-state index >= 15 is 0 Å². The van der Waals surface area contributed by atoms with Crippen molar-refractivity contribution in [3.63, 3.8) is 0 Å². The second-order valence-electron chi connectivity index (χ2n) is 3.52. The van der Waals surface area contributed by atoms with Gasteiger partial charge in [-0.3, -0.25) is 0 Å². The molecule has 0 saturated carbocycles. The molecule has 0 bridgehead atoms. The van der Waals surface area contributed by atoms with E-state index in [4.69, 9.17) is 9.63 Å². The Kier molecular flexibility index (Phi) is 2.74. The predicted molar refractivity (Wildman–Crippen MR) is 50.8 cm³/mol. The van der Waals surface area contributed by atoms with E-state index in [1.807, 2.05) is 0 Å². The fraction of sp³-hybridized carbons (Fsp3) is 0.750. The molecule has 1 aromatic rings. The third-order valence-corrected chi connectivity index (χ3v) is 4.59. The second kappa shape index (κ2) is 3.90. The van der Waals surface area contributed by atoms with Gasteiger partial charge in [-0.1, -0.05) is 5.16 Å². The van der Waals surface area contributed by atoms with Crippen molar-refractivity contribution in [2.45, 2.75) is 24.5 Å². The monoisotopic (exact) mass is 232 g/mol. The van der Waals surface area contributed by atoms with Gasteiger partial charge in [-0.25, -0.2) is 8.42 Å². The maximum Gasteiger partial charge on any atom is 0.244 e. The molecule has 0 radical (unpaired) electrons. The average molecular weight is 232 g/mol. The summed E-state index contributed by atoms with van der Waals surface area (Å²) in [5, 5.41) is 11.6. The molecule has 1 aromatic heterocycles. The Bertz CT molecular complexity index is 439. The molecule has 1 fully saturated rings. The summed E-state index contributed by atoms with van der Waals surface area (Å²) >= 11 is 0. The lowest BCUT2D eigenvalue weighted by Gasteiger charge is -2.01. The predicted octanol–water partition coefficient (Wildman–Crippen LogP) is -0.146. The number of hydrogen-bond acceptors (Lipinski definition) is 6.